The van der Waals surface area contributed by atoms with E-state index in [-0.39, 0.29) is 0 Å². The minimum absolute atomic E-state index is 0.365. The van der Waals surface area contributed by atoms with E-state index in [2.05, 4.69) is 14.8 Å². The molecule has 0 spiro atoms. The molecule has 30 heavy (non-hydrogen) atoms. The summed E-state index contributed by atoms with van der Waals surface area (Å²) in [6, 6.07) is 12.0. The van der Waals surface area contributed by atoms with E-state index in [1.54, 1.807) is 42.9 Å². The molecular weight excluding hydrogens is 411 g/mol. The van der Waals surface area contributed by atoms with Gasteiger partial charge in [0.05, 0.1) is 12.1 Å². The first-order valence-corrected chi connectivity index (χ1v) is 9.22. The largest absolute Gasteiger partial charge is 0.416 e. The number of benzene rings is 2. The Hall–Kier alpha value is -3.56. The predicted octanol–water partition coefficient (Wildman–Crippen LogP) is 7.32. The fourth-order valence-corrected chi connectivity index (χ4v) is 3.42. The van der Waals surface area contributed by atoms with Gasteiger partial charge < -0.3 is 4.98 Å². The Morgan fingerprint density at radius 3 is 2.57 bits per heavy atom. The summed E-state index contributed by atoms with van der Waals surface area (Å²) in [4.78, 5) is 10.9. The number of hydrogen-bond donors (Lipinski definition) is 1. The Morgan fingerprint density at radius 2 is 1.87 bits per heavy atom. The summed E-state index contributed by atoms with van der Waals surface area (Å²) in [5.74, 6) is 0. The molecule has 4 rings (SSSR count). The van der Waals surface area contributed by atoms with E-state index in [0.29, 0.717) is 33.0 Å². The molecule has 2 aromatic heterocycles. The molecule has 0 radical (unpaired) electrons. The van der Waals surface area contributed by atoms with Gasteiger partial charge in [-0.15, -0.1) is 0 Å². The molecule has 0 unspecified atom stereocenters. The Balaban J connectivity index is 1.80. The lowest BCUT2D eigenvalue weighted by Gasteiger charge is -2.10. The third-order valence-corrected chi connectivity index (χ3v) is 4.94. The Morgan fingerprint density at radius 1 is 1.10 bits per heavy atom. The van der Waals surface area contributed by atoms with Crippen molar-refractivity contribution >= 4 is 34.3 Å². The van der Waals surface area contributed by atoms with E-state index in [0.717, 1.165) is 23.0 Å². The van der Waals surface area contributed by atoms with Crippen LogP contribution in [0.15, 0.2) is 67.1 Å². The normalized spacial score (nSPS) is 12.2. The molecule has 1 N–H and O–H groups in total. The maximum Gasteiger partial charge on any atom is 0.416 e. The summed E-state index contributed by atoms with van der Waals surface area (Å²) in [5, 5.41) is 1.37. The van der Waals surface area contributed by atoms with E-state index in [1.165, 1.54) is 12.1 Å². The molecule has 148 valence electrons. The van der Waals surface area contributed by atoms with E-state index >= 15 is 0 Å². The molecule has 0 saturated heterocycles. The van der Waals surface area contributed by atoms with Crippen LogP contribution in [0, 0.1) is 6.57 Å². The van der Waals surface area contributed by atoms with Gasteiger partial charge in [0, 0.05) is 28.5 Å². The van der Waals surface area contributed by atoms with Crippen LogP contribution in [0.5, 0.6) is 0 Å². The molecule has 4 aromatic rings. The third kappa shape index (κ3) is 3.80. The van der Waals surface area contributed by atoms with E-state index in [4.69, 9.17) is 18.2 Å². The van der Waals surface area contributed by atoms with E-state index in [1.807, 2.05) is 6.07 Å². The number of alkyl halides is 3. The number of rotatable bonds is 3. The van der Waals surface area contributed by atoms with Gasteiger partial charge in [-0.1, -0.05) is 23.7 Å². The van der Waals surface area contributed by atoms with Crippen molar-refractivity contribution in [2.45, 2.75) is 6.18 Å². The summed E-state index contributed by atoms with van der Waals surface area (Å²) in [7, 11) is 0. The smallest absolute Gasteiger partial charge is 0.362 e. The summed E-state index contributed by atoms with van der Waals surface area (Å²) in [6.45, 7) is 7.65. The number of hydrogen-bond acceptors (Lipinski definition) is 1. The van der Waals surface area contributed by atoms with Crippen molar-refractivity contribution in [3.05, 3.63) is 100 Å². The number of pyridine rings is 1. The van der Waals surface area contributed by atoms with Crippen molar-refractivity contribution < 1.29 is 13.2 Å². The van der Waals surface area contributed by atoms with Crippen LogP contribution in [0.3, 0.4) is 0 Å². The van der Waals surface area contributed by atoms with Gasteiger partial charge in [-0.25, -0.2) is 4.85 Å². The number of aromatic amines is 1. The Labute approximate surface area is 175 Å². The Bertz CT molecular complexity index is 1300. The van der Waals surface area contributed by atoms with Crippen molar-refractivity contribution in [1.82, 2.24) is 9.97 Å². The molecule has 0 aliphatic rings. The fourth-order valence-electron chi connectivity index (χ4n) is 3.25. The van der Waals surface area contributed by atoms with Crippen LogP contribution in [0.25, 0.3) is 38.6 Å². The molecule has 0 amide bonds. The average molecular weight is 424 g/mol. The lowest BCUT2D eigenvalue weighted by Crippen LogP contribution is -2.04. The van der Waals surface area contributed by atoms with Crippen LogP contribution in [0.1, 0.15) is 16.7 Å². The first-order chi connectivity index (χ1) is 14.4. The molecular formula is C23H13ClF3N3. The van der Waals surface area contributed by atoms with Crippen LogP contribution in [0.4, 0.5) is 13.2 Å². The average Bonchev–Trinajstić information content (AvgIpc) is 3.14. The summed E-state index contributed by atoms with van der Waals surface area (Å²) in [5.41, 5.74) is 3.09. The monoisotopic (exact) mass is 423 g/mol. The van der Waals surface area contributed by atoms with Gasteiger partial charge >= 0.3 is 6.18 Å². The highest BCUT2D eigenvalue weighted by atomic mass is 35.5. The molecule has 7 heteroatoms. The quantitative estimate of drug-likeness (QED) is 0.344. The van der Waals surface area contributed by atoms with Crippen LogP contribution < -0.4 is 0 Å². The molecule has 0 atom stereocenters. The second-order valence-corrected chi connectivity index (χ2v) is 7.01. The second-order valence-electron chi connectivity index (χ2n) is 6.57. The number of nitrogens with one attached hydrogen (secondary N) is 1. The fraction of sp³-hybridized carbons (Fsp3) is 0.0435. The van der Waals surface area contributed by atoms with Gasteiger partial charge in [0.1, 0.15) is 0 Å². The van der Waals surface area contributed by atoms with Gasteiger partial charge in [0.25, 0.3) is 0 Å². The molecule has 0 aliphatic heterocycles. The first kappa shape index (κ1) is 19.7. The summed E-state index contributed by atoms with van der Waals surface area (Å²) in [6.07, 6.45) is 2.16. The van der Waals surface area contributed by atoms with E-state index < -0.39 is 11.7 Å². The lowest BCUT2D eigenvalue weighted by atomic mass is 9.99. The second kappa shape index (κ2) is 7.69. The molecule has 0 bridgehead atoms. The minimum Gasteiger partial charge on any atom is -0.362 e. The predicted molar refractivity (Wildman–Crippen MR) is 112 cm³/mol. The number of halogens is 4. The zero-order chi connectivity index (χ0) is 21.3. The van der Waals surface area contributed by atoms with Gasteiger partial charge in [-0.3, -0.25) is 4.98 Å². The molecule has 3 nitrogen and oxygen atoms in total. The van der Waals surface area contributed by atoms with Crippen LogP contribution in [-0.4, -0.2) is 9.97 Å². The molecule has 0 aliphatic carbocycles. The standard InChI is InChI=1S/C23H13ClF3N3/c1-28-22(20-13-30-21-7-6-17(24)11-19(20)21)10-15-12-29-9-8-18(15)14-2-4-16(5-3-14)23(25,26)27/h2-13,30H/b22-10-. The van der Waals surface area contributed by atoms with Crippen molar-refractivity contribution in [2.24, 2.45) is 0 Å². The zero-order valence-electron chi connectivity index (χ0n) is 15.3. The van der Waals surface area contributed by atoms with E-state index in [9.17, 15) is 13.2 Å². The molecule has 2 heterocycles. The van der Waals surface area contributed by atoms with Crippen molar-refractivity contribution in [2.75, 3.05) is 0 Å². The van der Waals surface area contributed by atoms with Crippen molar-refractivity contribution in [3.63, 3.8) is 0 Å². The first-order valence-electron chi connectivity index (χ1n) is 8.84. The molecule has 0 fully saturated rings. The van der Waals surface area contributed by atoms with Crippen LogP contribution in [0.2, 0.25) is 5.02 Å². The Kier molecular flexibility index (Phi) is 5.06. The highest BCUT2D eigenvalue weighted by Crippen LogP contribution is 2.34. The minimum atomic E-state index is -4.40. The maximum absolute atomic E-state index is 12.9. The van der Waals surface area contributed by atoms with Crippen molar-refractivity contribution in [1.29, 1.82) is 0 Å². The van der Waals surface area contributed by atoms with Gasteiger partial charge in [0.15, 0.2) is 5.70 Å². The maximum atomic E-state index is 12.9. The number of aromatic nitrogens is 2. The third-order valence-electron chi connectivity index (χ3n) is 4.71. The van der Waals surface area contributed by atoms with Crippen molar-refractivity contribution in [3.8, 4) is 11.1 Å². The van der Waals surface area contributed by atoms with Gasteiger partial charge in [-0.05, 0) is 70.7 Å². The highest BCUT2D eigenvalue weighted by Gasteiger charge is 2.30. The number of H-pyrrole nitrogens is 1. The van der Waals surface area contributed by atoms with Crippen LogP contribution >= 0.6 is 11.6 Å². The molecule has 2 aromatic carbocycles. The summed E-state index contributed by atoms with van der Waals surface area (Å²) < 4.78 is 38.6. The lowest BCUT2D eigenvalue weighted by molar-refractivity contribution is -0.137. The van der Waals surface area contributed by atoms with Gasteiger partial charge in [-0.2, -0.15) is 13.2 Å². The van der Waals surface area contributed by atoms with Gasteiger partial charge in [0.2, 0.25) is 0 Å². The SMILES string of the molecule is [C-]#[N+]/C(=C\c1cnccc1-c1ccc(C(F)(F)F)cc1)c1c[nH]c2ccc(Cl)cc12. The molecule has 0 saturated carbocycles. The zero-order valence-corrected chi connectivity index (χ0v) is 16.1. The highest BCUT2D eigenvalue weighted by molar-refractivity contribution is 6.31. The topological polar surface area (TPSA) is 33.0 Å². The number of fused-ring (bicyclic) bond motifs is 1. The van der Waals surface area contributed by atoms with Crippen LogP contribution in [-0.2, 0) is 6.18 Å². The number of nitrogens with zero attached hydrogens (tertiary/aromatic N) is 2. The summed E-state index contributed by atoms with van der Waals surface area (Å²) >= 11 is 6.10.